The van der Waals surface area contributed by atoms with Crippen LogP contribution < -0.4 is 0 Å². The molecular weight excluding hydrogens is 176 g/mol. The highest BCUT2D eigenvalue weighted by molar-refractivity contribution is 7.80. The summed E-state index contributed by atoms with van der Waals surface area (Å²) in [5.74, 6) is 0. The molecule has 0 heterocycles. The smallest absolute Gasteiger partial charge is 0.215 e. The molecule has 70 valence electrons. The van der Waals surface area contributed by atoms with Gasteiger partial charge in [0.2, 0.25) is 6.41 Å². The molecule has 0 aliphatic rings. The van der Waals surface area contributed by atoms with Gasteiger partial charge >= 0.3 is 0 Å². The molecule has 1 N–H and O–H groups in total. The number of aliphatic hydroxyl groups is 1. The van der Waals surface area contributed by atoms with E-state index in [1.165, 1.54) is 9.80 Å². The van der Waals surface area contributed by atoms with Crippen LogP contribution in [-0.4, -0.2) is 46.2 Å². The Morgan fingerprint density at radius 2 is 2.08 bits per heavy atom. The molecule has 4 nitrogen and oxygen atoms in total. The largest absolute Gasteiger partial charge is 0.376 e. The number of carbonyl (C=O) groups is 1. The molecule has 0 aliphatic heterocycles. The average molecular weight is 190 g/mol. The third-order valence-corrected chi connectivity index (χ3v) is 2.03. The van der Waals surface area contributed by atoms with Crippen LogP contribution in [0.2, 0.25) is 0 Å². The molecule has 0 spiro atoms. The molecule has 0 aromatic rings. The van der Waals surface area contributed by atoms with Crippen LogP contribution in [0.5, 0.6) is 0 Å². The molecule has 0 radical (unpaired) electrons. The molecule has 0 rings (SSSR count). The van der Waals surface area contributed by atoms with Crippen molar-refractivity contribution < 1.29 is 9.90 Å². The van der Waals surface area contributed by atoms with Gasteiger partial charge in [-0.1, -0.05) is 0 Å². The van der Waals surface area contributed by atoms with Gasteiger partial charge < -0.3 is 10.0 Å². The van der Waals surface area contributed by atoms with Crippen LogP contribution in [0.3, 0.4) is 0 Å². The minimum absolute atomic E-state index is 0.153. The van der Waals surface area contributed by atoms with E-state index < -0.39 is 0 Å². The highest BCUT2D eigenvalue weighted by Crippen LogP contribution is 1.95. The van der Waals surface area contributed by atoms with Crippen LogP contribution in [0.15, 0.2) is 0 Å². The van der Waals surface area contributed by atoms with Gasteiger partial charge in [0.15, 0.2) is 5.11 Å². The summed E-state index contributed by atoms with van der Waals surface area (Å²) in [5, 5.41) is 9.20. The van der Waals surface area contributed by atoms with E-state index in [1.807, 2.05) is 13.8 Å². The van der Waals surface area contributed by atoms with Crippen molar-refractivity contribution in [3.05, 3.63) is 0 Å². The molecule has 1 amide bonds. The fourth-order valence-electron chi connectivity index (χ4n) is 0.732. The first-order valence-electron chi connectivity index (χ1n) is 3.82. The monoisotopic (exact) mass is 190 g/mol. The second-order valence-corrected chi connectivity index (χ2v) is 2.54. The highest BCUT2D eigenvalue weighted by Gasteiger charge is 2.11. The first-order valence-corrected chi connectivity index (χ1v) is 4.23. The Bertz CT molecular complexity index is 159. The van der Waals surface area contributed by atoms with Gasteiger partial charge in [0.1, 0.15) is 6.73 Å². The molecule has 0 saturated carbocycles. The van der Waals surface area contributed by atoms with Gasteiger partial charge in [0.25, 0.3) is 0 Å². The van der Waals surface area contributed by atoms with Crippen molar-refractivity contribution in [3.63, 3.8) is 0 Å². The van der Waals surface area contributed by atoms with Crippen molar-refractivity contribution in [2.45, 2.75) is 13.8 Å². The van der Waals surface area contributed by atoms with Crippen LogP contribution in [0.4, 0.5) is 0 Å². The molecule has 12 heavy (non-hydrogen) atoms. The Balaban J connectivity index is 4.22. The Morgan fingerprint density at radius 1 is 1.50 bits per heavy atom. The molecule has 0 aromatic carbocycles. The number of hydrogen-bond donors (Lipinski definition) is 1. The summed E-state index contributed by atoms with van der Waals surface area (Å²) in [6, 6.07) is 0. The summed E-state index contributed by atoms with van der Waals surface area (Å²) in [7, 11) is 0. The van der Waals surface area contributed by atoms with Crippen LogP contribution in [0.1, 0.15) is 13.8 Å². The first-order chi connectivity index (χ1) is 5.71. The molecule has 0 unspecified atom stereocenters. The molecular formula is C7H14N2O2S. The molecule has 5 heteroatoms. The van der Waals surface area contributed by atoms with Crippen molar-refractivity contribution in [2.75, 3.05) is 19.8 Å². The van der Waals surface area contributed by atoms with Gasteiger partial charge in [-0.2, -0.15) is 0 Å². The number of nitrogens with zero attached hydrogens (tertiary/aromatic N) is 2. The van der Waals surface area contributed by atoms with Gasteiger partial charge in [-0.3, -0.25) is 9.69 Å². The second kappa shape index (κ2) is 5.91. The second-order valence-electron chi connectivity index (χ2n) is 2.17. The van der Waals surface area contributed by atoms with E-state index in [2.05, 4.69) is 0 Å². The number of amides is 1. The van der Waals surface area contributed by atoms with E-state index >= 15 is 0 Å². The highest BCUT2D eigenvalue weighted by atomic mass is 32.1. The quantitative estimate of drug-likeness (QED) is 0.385. The number of rotatable bonds is 4. The zero-order valence-corrected chi connectivity index (χ0v) is 8.17. The summed E-state index contributed by atoms with van der Waals surface area (Å²) in [5.41, 5.74) is 0. The fourth-order valence-corrected chi connectivity index (χ4v) is 1.09. The number of thiocarbonyl (C=S) groups is 1. The van der Waals surface area contributed by atoms with E-state index in [4.69, 9.17) is 17.3 Å². The summed E-state index contributed by atoms with van der Waals surface area (Å²) in [6.07, 6.45) is 0.667. The lowest BCUT2D eigenvalue weighted by atomic mass is 10.6. The van der Waals surface area contributed by atoms with Crippen molar-refractivity contribution >= 4 is 23.7 Å². The summed E-state index contributed by atoms with van der Waals surface area (Å²) >= 11 is 4.95. The van der Waals surface area contributed by atoms with E-state index in [0.717, 1.165) is 0 Å². The van der Waals surface area contributed by atoms with Gasteiger partial charge in [-0.15, -0.1) is 0 Å². The number of aliphatic hydroxyl groups excluding tert-OH is 1. The predicted molar refractivity (Wildman–Crippen MR) is 50.5 cm³/mol. The molecule has 0 fully saturated rings. The average Bonchev–Trinajstić information content (AvgIpc) is 2.09. The van der Waals surface area contributed by atoms with Crippen LogP contribution >= 0.6 is 12.2 Å². The van der Waals surface area contributed by atoms with Crippen molar-refractivity contribution in [2.24, 2.45) is 0 Å². The lowest BCUT2D eigenvalue weighted by molar-refractivity contribution is -0.115. The van der Waals surface area contributed by atoms with E-state index in [9.17, 15) is 4.79 Å². The Hall–Kier alpha value is -0.680. The molecule has 0 bridgehead atoms. The fraction of sp³-hybridized carbons (Fsp3) is 0.714. The first kappa shape index (κ1) is 11.3. The van der Waals surface area contributed by atoms with Crippen molar-refractivity contribution in [3.8, 4) is 0 Å². The molecule has 0 aromatic heterocycles. The maximum Gasteiger partial charge on any atom is 0.215 e. The number of hydrogen-bond acceptors (Lipinski definition) is 3. The van der Waals surface area contributed by atoms with Crippen LogP contribution in [-0.2, 0) is 4.79 Å². The van der Waals surface area contributed by atoms with Crippen LogP contribution in [0.25, 0.3) is 0 Å². The zero-order chi connectivity index (χ0) is 9.56. The molecule has 0 atom stereocenters. The lowest BCUT2D eigenvalue weighted by Crippen LogP contribution is -2.42. The third-order valence-electron chi connectivity index (χ3n) is 1.54. The Kier molecular flexibility index (Phi) is 5.57. The maximum absolute atomic E-state index is 10.4. The lowest BCUT2D eigenvalue weighted by Gasteiger charge is -2.26. The van der Waals surface area contributed by atoms with Gasteiger partial charge in [0.05, 0.1) is 0 Å². The standard InChI is InChI=1S/C7H14N2O2S/c1-3-8(5-10)7(12)9(4-2)6-11/h5,11H,3-4,6H2,1-2H3. The summed E-state index contributed by atoms with van der Waals surface area (Å²) in [6.45, 7) is 4.66. The van der Waals surface area contributed by atoms with E-state index in [-0.39, 0.29) is 6.73 Å². The van der Waals surface area contributed by atoms with Crippen LogP contribution in [0, 0.1) is 0 Å². The van der Waals surface area contributed by atoms with Gasteiger partial charge in [-0.25, -0.2) is 0 Å². The maximum atomic E-state index is 10.4. The Morgan fingerprint density at radius 3 is 2.33 bits per heavy atom. The van der Waals surface area contributed by atoms with Gasteiger partial charge in [0, 0.05) is 13.1 Å². The SMILES string of the molecule is CCN(C=O)C(=S)N(CC)CO. The van der Waals surface area contributed by atoms with E-state index in [1.54, 1.807) is 0 Å². The minimum atomic E-state index is -0.153. The van der Waals surface area contributed by atoms with Crippen molar-refractivity contribution in [1.82, 2.24) is 9.80 Å². The van der Waals surface area contributed by atoms with Gasteiger partial charge in [-0.05, 0) is 26.1 Å². The normalized spacial score (nSPS) is 9.25. The summed E-state index contributed by atoms with van der Waals surface area (Å²) in [4.78, 5) is 13.3. The Labute approximate surface area is 77.8 Å². The topological polar surface area (TPSA) is 43.8 Å². The molecule has 0 saturated heterocycles. The predicted octanol–water partition coefficient (Wildman–Crippen LogP) is 0.0213. The number of carbonyl (C=O) groups excluding carboxylic acids is 1. The summed E-state index contributed by atoms with van der Waals surface area (Å²) < 4.78 is 0. The van der Waals surface area contributed by atoms with Crippen molar-refractivity contribution in [1.29, 1.82) is 0 Å². The zero-order valence-electron chi connectivity index (χ0n) is 7.36. The third kappa shape index (κ3) is 2.75. The van der Waals surface area contributed by atoms with E-state index in [0.29, 0.717) is 24.6 Å². The minimum Gasteiger partial charge on any atom is -0.376 e. The molecule has 0 aliphatic carbocycles.